The summed E-state index contributed by atoms with van der Waals surface area (Å²) in [6.45, 7) is 1.53. The van der Waals surface area contributed by atoms with Crippen molar-refractivity contribution in [3.05, 3.63) is 84.2 Å². The van der Waals surface area contributed by atoms with E-state index in [1.54, 1.807) is 73.1 Å². The van der Waals surface area contributed by atoms with Crippen LogP contribution in [-0.4, -0.2) is 47.1 Å². The Morgan fingerprint density at radius 1 is 1.09 bits per heavy atom. The third-order valence-corrected chi connectivity index (χ3v) is 4.91. The standard InChI is InChI=1S/C24H23N5O4/c30-22(17-7-9-18(10-8-17)28-24-26-12-13-27-24)29-19-5-1-2-6-20(19)33-21(23(31)32)14-16-4-3-11-25-15-16/h1-11,15,21H,12-14H2,(H,29,30)(H,31,32)(H2,26,27,28). The fraction of sp³-hybridized carbons (Fsp3) is 0.167. The molecule has 33 heavy (non-hydrogen) atoms. The first-order valence-electron chi connectivity index (χ1n) is 10.4. The number of hydrogen-bond acceptors (Lipinski definition) is 7. The summed E-state index contributed by atoms with van der Waals surface area (Å²) in [6, 6.07) is 17.2. The highest BCUT2D eigenvalue weighted by molar-refractivity contribution is 6.05. The molecule has 1 aliphatic heterocycles. The Morgan fingerprint density at radius 2 is 1.91 bits per heavy atom. The second kappa shape index (κ2) is 10.3. The number of rotatable bonds is 8. The van der Waals surface area contributed by atoms with E-state index in [9.17, 15) is 14.7 Å². The number of nitrogens with zero attached hydrogens (tertiary/aromatic N) is 2. The molecule has 0 spiro atoms. The van der Waals surface area contributed by atoms with Crippen molar-refractivity contribution in [1.82, 2.24) is 10.3 Å². The number of hydrogen-bond donors (Lipinski definition) is 4. The van der Waals surface area contributed by atoms with Gasteiger partial charge in [-0.2, -0.15) is 0 Å². The molecule has 0 bridgehead atoms. The van der Waals surface area contributed by atoms with Crippen molar-refractivity contribution in [2.75, 3.05) is 23.7 Å². The van der Waals surface area contributed by atoms with Gasteiger partial charge in [0.15, 0.2) is 12.1 Å². The summed E-state index contributed by atoms with van der Waals surface area (Å²) in [5.74, 6) is -0.471. The van der Waals surface area contributed by atoms with Gasteiger partial charge in [-0.15, -0.1) is 0 Å². The molecule has 1 aliphatic rings. The fourth-order valence-electron chi connectivity index (χ4n) is 3.26. The zero-order valence-electron chi connectivity index (χ0n) is 17.7. The summed E-state index contributed by atoms with van der Waals surface area (Å²) in [5.41, 5.74) is 2.37. The Morgan fingerprint density at radius 3 is 2.61 bits per heavy atom. The first-order chi connectivity index (χ1) is 16.1. The van der Waals surface area contributed by atoms with Gasteiger partial charge in [0, 0.05) is 36.6 Å². The molecule has 0 fully saturated rings. The number of pyridine rings is 1. The number of carboxylic acids is 1. The summed E-state index contributed by atoms with van der Waals surface area (Å²) in [6.07, 6.45) is 2.22. The van der Waals surface area contributed by atoms with Gasteiger partial charge in [-0.25, -0.2) is 4.79 Å². The van der Waals surface area contributed by atoms with Crippen LogP contribution in [-0.2, 0) is 11.2 Å². The molecule has 4 N–H and O–H groups in total. The highest BCUT2D eigenvalue weighted by atomic mass is 16.5. The van der Waals surface area contributed by atoms with E-state index in [1.165, 1.54) is 0 Å². The predicted octanol–water partition coefficient (Wildman–Crippen LogP) is 2.78. The van der Waals surface area contributed by atoms with Crippen LogP contribution in [0.25, 0.3) is 0 Å². The van der Waals surface area contributed by atoms with Crippen molar-refractivity contribution in [3.8, 4) is 5.75 Å². The predicted molar refractivity (Wildman–Crippen MR) is 125 cm³/mol. The number of amides is 1. The molecule has 168 valence electrons. The van der Waals surface area contributed by atoms with E-state index < -0.39 is 12.1 Å². The summed E-state index contributed by atoms with van der Waals surface area (Å²) in [7, 11) is 0. The average Bonchev–Trinajstić information content (AvgIpc) is 3.34. The van der Waals surface area contributed by atoms with Crippen molar-refractivity contribution >= 4 is 29.2 Å². The highest BCUT2D eigenvalue weighted by Gasteiger charge is 2.22. The molecule has 0 radical (unpaired) electrons. The van der Waals surface area contributed by atoms with Gasteiger partial charge in [0.25, 0.3) is 5.91 Å². The van der Waals surface area contributed by atoms with Gasteiger partial charge in [0.05, 0.1) is 12.2 Å². The maximum Gasteiger partial charge on any atom is 0.345 e. The molecule has 0 saturated heterocycles. The van der Waals surface area contributed by atoms with Crippen LogP contribution in [0.1, 0.15) is 15.9 Å². The lowest BCUT2D eigenvalue weighted by Gasteiger charge is -2.18. The van der Waals surface area contributed by atoms with E-state index in [4.69, 9.17) is 4.74 Å². The zero-order chi connectivity index (χ0) is 23.0. The number of carbonyl (C=O) groups excluding carboxylic acids is 1. The van der Waals surface area contributed by atoms with Gasteiger partial charge in [-0.3, -0.25) is 14.8 Å². The van der Waals surface area contributed by atoms with Crippen LogP contribution in [0.5, 0.6) is 5.75 Å². The van der Waals surface area contributed by atoms with Crippen LogP contribution in [0.4, 0.5) is 11.4 Å². The summed E-state index contributed by atoms with van der Waals surface area (Å²) in [5, 5.41) is 18.7. The number of nitrogens with one attached hydrogen (secondary N) is 3. The van der Waals surface area contributed by atoms with Crippen molar-refractivity contribution < 1.29 is 19.4 Å². The third-order valence-electron chi connectivity index (χ3n) is 4.91. The van der Waals surface area contributed by atoms with Crippen LogP contribution >= 0.6 is 0 Å². The largest absolute Gasteiger partial charge is 0.478 e. The maximum absolute atomic E-state index is 12.8. The lowest BCUT2D eigenvalue weighted by molar-refractivity contribution is -0.145. The second-order valence-electron chi connectivity index (χ2n) is 7.32. The Bertz CT molecular complexity index is 1150. The Kier molecular flexibility index (Phi) is 6.79. The van der Waals surface area contributed by atoms with Crippen LogP contribution in [0, 0.1) is 0 Å². The maximum atomic E-state index is 12.8. The molecule has 4 rings (SSSR count). The van der Waals surface area contributed by atoms with E-state index in [1.807, 2.05) is 0 Å². The van der Waals surface area contributed by atoms with Gasteiger partial charge in [-0.05, 0) is 48.0 Å². The van der Waals surface area contributed by atoms with E-state index in [0.717, 1.165) is 24.3 Å². The van der Waals surface area contributed by atoms with E-state index >= 15 is 0 Å². The Balaban J connectivity index is 1.44. The lowest BCUT2D eigenvalue weighted by Crippen LogP contribution is -2.30. The molecule has 1 unspecified atom stereocenters. The zero-order valence-corrected chi connectivity index (χ0v) is 17.7. The molecule has 2 aromatic carbocycles. The van der Waals surface area contributed by atoms with E-state index in [2.05, 4.69) is 25.9 Å². The van der Waals surface area contributed by atoms with E-state index in [-0.39, 0.29) is 18.1 Å². The molecule has 2 heterocycles. The van der Waals surface area contributed by atoms with Crippen molar-refractivity contribution in [2.45, 2.75) is 12.5 Å². The SMILES string of the molecule is O=C(Nc1ccccc1OC(Cc1cccnc1)C(=O)O)c1ccc(NC2=NCCN2)cc1. The minimum Gasteiger partial charge on any atom is -0.478 e. The number of ether oxygens (including phenoxy) is 1. The quantitative estimate of drug-likeness (QED) is 0.420. The molecule has 1 aromatic heterocycles. The first-order valence-corrected chi connectivity index (χ1v) is 10.4. The number of anilines is 2. The first kappa shape index (κ1) is 21.8. The number of benzene rings is 2. The summed E-state index contributed by atoms with van der Waals surface area (Å²) in [4.78, 5) is 32.8. The number of para-hydroxylation sites is 2. The Hall–Kier alpha value is -4.40. The van der Waals surface area contributed by atoms with Crippen LogP contribution in [0.2, 0.25) is 0 Å². The topological polar surface area (TPSA) is 125 Å². The molecule has 9 heteroatoms. The van der Waals surface area contributed by atoms with Crippen molar-refractivity contribution in [3.63, 3.8) is 0 Å². The number of aliphatic carboxylic acids is 1. The van der Waals surface area contributed by atoms with Gasteiger partial charge in [0.2, 0.25) is 0 Å². The highest BCUT2D eigenvalue weighted by Crippen LogP contribution is 2.26. The van der Waals surface area contributed by atoms with Gasteiger partial charge >= 0.3 is 5.97 Å². The molecule has 0 aliphatic carbocycles. The van der Waals surface area contributed by atoms with Crippen LogP contribution in [0.3, 0.4) is 0 Å². The number of aromatic nitrogens is 1. The average molecular weight is 445 g/mol. The number of carbonyl (C=O) groups is 2. The monoisotopic (exact) mass is 445 g/mol. The van der Waals surface area contributed by atoms with Crippen LogP contribution in [0.15, 0.2) is 78.0 Å². The lowest BCUT2D eigenvalue weighted by atomic mass is 10.1. The molecule has 9 nitrogen and oxygen atoms in total. The fourth-order valence-corrected chi connectivity index (χ4v) is 3.26. The number of aliphatic imine (C=N–C) groups is 1. The normalized spacial score (nSPS) is 13.4. The van der Waals surface area contributed by atoms with Crippen molar-refractivity contribution in [1.29, 1.82) is 0 Å². The smallest absolute Gasteiger partial charge is 0.345 e. The molecule has 1 amide bonds. The minimum absolute atomic E-state index is 0.139. The molecule has 0 saturated carbocycles. The van der Waals surface area contributed by atoms with Crippen molar-refractivity contribution in [2.24, 2.45) is 4.99 Å². The number of carboxylic acid groups (broad SMARTS) is 1. The summed E-state index contributed by atoms with van der Waals surface area (Å²) >= 11 is 0. The second-order valence-corrected chi connectivity index (χ2v) is 7.32. The molecular formula is C24H23N5O4. The third kappa shape index (κ3) is 5.85. The van der Waals surface area contributed by atoms with Gasteiger partial charge < -0.3 is 25.8 Å². The van der Waals surface area contributed by atoms with Gasteiger partial charge in [0.1, 0.15) is 5.75 Å². The Labute approximate surface area is 190 Å². The summed E-state index contributed by atoms with van der Waals surface area (Å²) < 4.78 is 5.77. The molecule has 3 aromatic rings. The number of guanidine groups is 1. The molecule has 1 atom stereocenters. The van der Waals surface area contributed by atoms with Gasteiger partial charge in [-0.1, -0.05) is 18.2 Å². The minimum atomic E-state index is -1.13. The van der Waals surface area contributed by atoms with E-state index in [0.29, 0.717) is 17.2 Å². The molecular weight excluding hydrogens is 422 g/mol. The van der Waals surface area contributed by atoms with Crippen LogP contribution < -0.4 is 20.7 Å².